The van der Waals surface area contributed by atoms with Crippen LogP contribution in [-0.4, -0.2) is 14.5 Å². The highest BCUT2D eigenvalue weighted by Crippen LogP contribution is 2.53. The van der Waals surface area contributed by atoms with E-state index < -0.39 is 5.41 Å². The number of para-hydroxylation sites is 3. The van der Waals surface area contributed by atoms with E-state index in [9.17, 15) is 0 Å². The second-order valence-corrected chi connectivity index (χ2v) is 19.8. The molecule has 72 heavy (non-hydrogen) atoms. The zero-order valence-electron chi connectivity index (χ0n) is 39.6. The summed E-state index contributed by atoms with van der Waals surface area (Å²) < 4.78 is 2.28. The fourth-order valence-electron chi connectivity index (χ4n) is 12.3. The van der Waals surface area contributed by atoms with Gasteiger partial charge in [-0.25, -0.2) is 4.98 Å². The van der Waals surface area contributed by atoms with E-state index in [4.69, 9.17) is 9.97 Å². The molecule has 0 N–H and O–H groups in total. The molecule has 0 saturated heterocycles. The minimum absolute atomic E-state index is 0.403. The second kappa shape index (κ2) is 15.7. The Morgan fingerprint density at radius 1 is 0.431 bits per heavy atom. The molecule has 13 aromatic rings. The van der Waals surface area contributed by atoms with Gasteiger partial charge in [0, 0.05) is 27.8 Å². The lowest BCUT2D eigenvalue weighted by Crippen LogP contribution is -2.31. The van der Waals surface area contributed by atoms with Crippen LogP contribution in [0.5, 0.6) is 0 Å². The average Bonchev–Trinajstić information content (AvgIpc) is 3.85. The second-order valence-electron chi connectivity index (χ2n) is 19.8. The van der Waals surface area contributed by atoms with Crippen LogP contribution < -0.4 is 0 Å². The van der Waals surface area contributed by atoms with Crippen molar-refractivity contribution in [2.45, 2.75) is 18.8 Å². The molecule has 3 heteroatoms. The van der Waals surface area contributed by atoms with Gasteiger partial charge in [0.1, 0.15) is 5.82 Å². The lowest BCUT2D eigenvalue weighted by molar-refractivity contribution is 0.554. The summed E-state index contributed by atoms with van der Waals surface area (Å²) in [6.07, 6.45) is 10.2. The first-order valence-electron chi connectivity index (χ1n) is 25.0. The van der Waals surface area contributed by atoms with Crippen molar-refractivity contribution < 1.29 is 0 Å². The molecule has 0 bridgehead atoms. The van der Waals surface area contributed by atoms with Crippen molar-refractivity contribution >= 4 is 87.3 Å². The largest absolute Gasteiger partial charge is 0.292 e. The molecular weight excluding hydrogens is 871 g/mol. The molecule has 0 saturated carbocycles. The van der Waals surface area contributed by atoms with E-state index >= 15 is 0 Å². The topological polar surface area (TPSA) is 30.7 Å². The van der Waals surface area contributed by atoms with Gasteiger partial charge < -0.3 is 0 Å². The van der Waals surface area contributed by atoms with Crippen LogP contribution in [0, 0.1) is 0 Å². The maximum Gasteiger partial charge on any atom is 0.145 e. The summed E-state index contributed by atoms with van der Waals surface area (Å²) in [4.78, 5) is 11.1. The summed E-state index contributed by atoms with van der Waals surface area (Å²) >= 11 is 0. The van der Waals surface area contributed by atoms with Gasteiger partial charge in [0.15, 0.2) is 0 Å². The summed E-state index contributed by atoms with van der Waals surface area (Å²) in [5, 5.41) is 15.2. The van der Waals surface area contributed by atoms with E-state index in [0.717, 1.165) is 68.2 Å². The van der Waals surface area contributed by atoms with Crippen LogP contribution in [0.1, 0.15) is 30.2 Å². The number of hydrogen-bond acceptors (Lipinski definition) is 2. The molecule has 2 aliphatic carbocycles. The molecule has 15 rings (SSSR count). The number of benzene rings is 11. The van der Waals surface area contributed by atoms with E-state index in [2.05, 4.69) is 254 Å². The first-order valence-corrected chi connectivity index (χ1v) is 25.0. The SMILES string of the molecule is CC12CC=CC=C1C(c1ccc3c4ccccc4c4ccccc4c3c1)=Cc1c(-c3ccc(-c4nc5ccccc5n4-c4ccccc4)cc3)cc(-c3ccc4c5ccccc5c5ccccc5c4c3)nc12. The Morgan fingerprint density at radius 2 is 0.917 bits per heavy atom. The molecule has 0 aliphatic heterocycles. The minimum atomic E-state index is -0.403. The number of imidazole rings is 1. The van der Waals surface area contributed by atoms with Gasteiger partial charge in [0.2, 0.25) is 0 Å². The van der Waals surface area contributed by atoms with Gasteiger partial charge in [-0.05, 0) is 154 Å². The number of hydrogen-bond donors (Lipinski definition) is 0. The standard InChI is InChI=1S/C69H45N3/c1-69-38-16-15-27-63(69)59(45-34-36-56-52-23-7-5-19-48(52)50-21-9-11-25-54(50)60(56)39-45)41-62-58(43-30-32-44(33-31-43)68-71-64-28-13-14-29-66(64)72(68)47-17-3-2-4-18-47)42-65(70-67(62)69)46-35-37-57-53-24-8-6-20-49(53)51-22-10-12-26-55(51)61(57)40-46/h2-37,39-42H,38H2,1H3. The molecule has 1 atom stereocenters. The Morgan fingerprint density at radius 3 is 1.53 bits per heavy atom. The van der Waals surface area contributed by atoms with Gasteiger partial charge >= 0.3 is 0 Å². The lowest BCUT2D eigenvalue weighted by Gasteiger charge is -2.40. The van der Waals surface area contributed by atoms with E-state index in [1.54, 1.807) is 0 Å². The Hall–Kier alpha value is -9.18. The third-order valence-electron chi connectivity index (χ3n) is 15.8. The highest BCUT2D eigenvalue weighted by Gasteiger charge is 2.41. The van der Waals surface area contributed by atoms with Crippen LogP contribution in [-0.2, 0) is 5.41 Å². The average molecular weight is 916 g/mol. The molecular formula is C69H45N3. The van der Waals surface area contributed by atoms with Gasteiger partial charge in [-0.1, -0.05) is 194 Å². The van der Waals surface area contributed by atoms with Gasteiger partial charge in [-0.15, -0.1) is 0 Å². The van der Waals surface area contributed by atoms with Crippen molar-refractivity contribution in [3.05, 3.63) is 259 Å². The molecule has 1 unspecified atom stereocenters. The number of allylic oxidation sites excluding steroid dienone is 5. The number of nitrogens with zero attached hydrogens (tertiary/aromatic N) is 3. The zero-order chi connectivity index (χ0) is 47.5. The zero-order valence-corrected chi connectivity index (χ0v) is 39.6. The highest BCUT2D eigenvalue weighted by atomic mass is 15.1. The van der Waals surface area contributed by atoms with Crippen molar-refractivity contribution in [2.75, 3.05) is 0 Å². The highest BCUT2D eigenvalue weighted by molar-refractivity contribution is 6.27. The van der Waals surface area contributed by atoms with Crippen LogP contribution in [0.15, 0.2) is 242 Å². The van der Waals surface area contributed by atoms with Crippen LogP contribution in [0.2, 0.25) is 0 Å². The Bertz CT molecular complexity index is 4460. The van der Waals surface area contributed by atoms with Gasteiger partial charge in [-0.2, -0.15) is 0 Å². The van der Waals surface area contributed by atoms with Crippen molar-refractivity contribution in [1.29, 1.82) is 0 Å². The van der Waals surface area contributed by atoms with Crippen LogP contribution in [0.3, 0.4) is 0 Å². The van der Waals surface area contributed by atoms with Gasteiger partial charge in [0.25, 0.3) is 0 Å². The summed E-state index contributed by atoms with van der Waals surface area (Å²) in [6, 6.07) is 79.9. The fourth-order valence-corrected chi connectivity index (χ4v) is 12.3. The third kappa shape index (κ3) is 6.04. The molecule has 2 aliphatic rings. The smallest absolute Gasteiger partial charge is 0.145 e. The minimum Gasteiger partial charge on any atom is -0.292 e. The third-order valence-corrected chi connectivity index (χ3v) is 15.8. The molecule has 2 heterocycles. The molecule has 0 fully saturated rings. The monoisotopic (exact) mass is 915 g/mol. The van der Waals surface area contributed by atoms with E-state index in [0.29, 0.717) is 0 Å². The predicted octanol–water partition coefficient (Wildman–Crippen LogP) is 18.0. The van der Waals surface area contributed by atoms with Crippen LogP contribution >= 0.6 is 0 Å². The first kappa shape index (κ1) is 40.7. The molecule has 2 aromatic heterocycles. The lowest BCUT2D eigenvalue weighted by atomic mass is 9.64. The molecule has 0 radical (unpaired) electrons. The van der Waals surface area contributed by atoms with E-state index in [1.807, 2.05) is 0 Å². The van der Waals surface area contributed by atoms with E-state index in [-0.39, 0.29) is 0 Å². The number of fused-ring (bicyclic) bond motifs is 16. The maximum atomic E-state index is 5.83. The number of pyridine rings is 1. The normalized spacial score (nSPS) is 15.4. The van der Waals surface area contributed by atoms with Crippen LogP contribution in [0.4, 0.5) is 0 Å². The molecule has 0 amide bonds. The molecule has 11 aromatic carbocycles. The Kier molecular flexibility index (Phi) is 8.85. The summed E-state index contributed by atoms with van der Waals surface area (Å²) in [7, 11) is 0. The molecule has 3 nitrogen and oxygen atoms in total. The Balaban J connectivity index is 0.971. The number of rotatable bonds is 5. The van der Waals surface area contributed by atoms with Crippen molar-refractivity contribution in [3.8, 4) is 39.5 Å². The van der Waals surface area contributed by atoms with E-state index in [1.165, 1.54) is 81.3 Å². The fraction of sp³-hybridized carbons (Fsp3) is 0.0435. The quantitative estimate of drug-likeness (QED) is 0.161. The predicted molar refractivity (Wildman–Crippen MR) is 304 cm³/mol. The summed E-state index contributed by atoms with van der Waals surface area (Å²) in [5.74, 6) is 0.914. The molecule has 0 spiro atoms. The molecule has 336 valence electrons. The van der Waals surface area contributed by atoms with Crippen molar-refractivity contribution in [3.63, 3.8) is 0 Å². The summed E-state index contributed by atoms with van der Waals surface area (Å²) in [6.45, 7) is 2.41. The van der Waals surface area contributed by atoms with Crippen molar-refractivity contribution in [1.82, 2.24) is 14.5 Å². The van der Waals surface area contributed by atoms with Gasteiger partial charge in [-0.3, -0.25) is 9.55 Å². The Labute approximate surface area is 417 Å². The van der Waals surface area contributed by atoms with Crippen LogP contribution in [0.25, 0.3) is 127 Å². The summed E-state index contributed by atoms with van der Waals surface area (Å²) in [5.41, 5.74) is 14.1. The first-order chi connectivity index (χ1) is 35.6. The number of aromatic nitrogens is 3. The maximum absolute atomic E-state index is 5.83. The van der Waals surface area contributed by atoms with Crippen molar-refractivity contribution in [2.24, 2.45) is 0 Å². The van der Waals surface area contributed by atoms with Gasteiger partial charge in [0.05, 0.1) is 22.4 Å².